The molecule has 2 aromatic rings. The van der Waals surface area contributed by atoms with Crippen molar-refractivity contribution in [1.29, 1.82) is 0 Å². The minimum atomic E-state index is -0.456. The maximum Gasteiger partial charge on any atom is 0.302 e. The molecule has 0 N–H and O–H groups in total. The molecular weight excluding hydrogens is 353 g/mol. The topological polar surface area (TPSA) is 57.7 Å². The lowest BCUT2D eigenvalue weighted by atomic mass is 10.2. The van der Waals surface area contributed by atoms with Crippen LogP contribution < -0.4 is 9.47 Å². The largest absolute Gasteiger partial charge is 0.486 e. The second-order valence-electron chi connectivity index (χ2n) is 4.18. The molecule has 0 saturated heterocycles. The fourth-order valence-electron chi connectivity index (χ4n) is 1.87. The van der Waals surface area contributed by atoms with Crippen molar-refractivity contribution in [2.45, 2.75) is 13.0 Å². The summed E-state index contributed by atoms with van der Waals surface area (Å²) in [6.07, 6.45) is -0.416. The first-order chi connectivity index (χ1) is 9.54. The molecule has 0 bridgehead atoms. The molecule has 0 amide bonds. The molecule has 0 fully saturated rings. The van der Waals surface area contributed by atoms with Crippen LogP contribution in [-0.2, 0) is 9.53 Å². The van der Waals surface area contributed by atoms with Crippen molar-refractivity contribution in [2.75, 3.05) is 13.2 Å². The summed E-state index contributed by atoms with van der Waals surface area (Å²) in [5, 5.41) is 0. The molecular formula is C12H9BrFNO4S. The van der Waals surface area contributed by atoms with Crippen LogP contribution in [0.5, 0.6) is 11.5 Å². The summed E-state index contributed by atoms with van der Waals surface area (Å²) in [4.78, 5) is 14.9. The van der Waals surface area contributed by atoms with E-state index in [2.05, 4.69) is 20.9 Å². The average molecular weight is 362 g/mol. The summed E-state index contributed by atoms with van der Waals surface area (Å²) in [6, 6.07) is 1.26. The summed E-state index contributed by atoms with van der Waals surface area (Å²) in [5.74, 6) is -0.0647. The Labute approximate surface area is 125 Å². The van der Waals surface area contributed by atoms with Crippen LogP contribution in [0, 0.1) is 5.82 Å². The molecule has 0 saturated carbocycles. The number of rotatable bonds is 2. The molecule has 1 unspecified atom stereocenters. The van der Waals surface area contributed by atoms with Crippen LogP contribution in [0.25, 0.3) is 10.2 Å². The van der Waals surface area contributed by atoms with Gasteiger partial charge in [0.1, 0.15) is 23.4 Å². The summed E-state index contributed by atoms with van der Waals surface area (Å²) >= 11 is 4.49. The first-order valence-electron chi connectivity index (χ1n) is 5.76. The Morgan fingerprint density at radius 2 is 2.50 bits per heavy atom. The molecule has 2 heterocycles. The van der Waals surface area contributed by atoms with E-state index in [9.17, 15) is 9.18 Å². The maximum absolute atomic E-state index is 13.9. The van der Waals surface area contributed by atoms with Crippen molar-refractivity contribution < 1.29 is 23.4 Å². The van der Waals surface area contributed by atoms with E-state index in [1.165, 1.54) is 24.3 Å². The highest BCUT2D eigenvalue weighted by Gasteiger charge is 2.27. The Kier molecular flexibility index (Phi) is 3.51. The van der Waals surface area contributed by atoms with E-state index < -0.39 is 11.9 Å². The highest BCUT2D eigenvalue weighted by Crippen LogP contribution is 2.43. The number of ether oxygens (including phenoxy) is 3. The first kappa shape index (κ1) is 13.6. The van der Waals surface area contributed by atoms with Gasteiger partial charge in [-0.1, -0.05) is 0 Å². The van der Waals surface area contributed by atoms with E-state index >= 15 is 0 Å². The van der Waals surface area contributed by atoms with Gasteiger partial charge >= 0.3 is 5.97 Å². The van der Waals surface area contributed by atoms with Gasteiger partial charge in [0.15, 0.2) is 27.3 Å². The predicted octanol–water partition coefficient (Wildman–Crippen LogP) is 2.90. The molecule has 0 aliphatic carbocycles. The average Bonchev–Trinajstić information content (AvgIpc) is 2.79. The lowest BCUT2D eigenvalue weighted by Crippen LogP contribution is -2.34. The number of hydrogen-bond donors (Lipinski definition) is 0. The third kappa shape index (κ3) is 2.45. The number of fused-ring (bicyclic) bond motifs is 3. The van der Waals surface area contributed by atoms with Crippen LogP contribution in [-0.4, -0.2) is 30.3 Å². The molecule has 8 heteroatoms. The molecule has 1 atom stereocenters. The molecule has 3 rings (SSSR count). The van der Waals surface area contributed by atoms with Crippen LogP contribution >= 0.6 is 27.3 Å². The third-order valence-corrected chi connectivity index (χ3v) is 4.20. The summed E-state index contributed by atoms with van der Waals surface area (Å²) < 4.78 is 31.1. The number of hydrogen-bond acceptors (Lipinski definition) is 6. The van der Waals surface area contributed by atoms with Crippen LogP contribution in [0.3, 0.4) is 0 Å². The van der Waals surface area contributed by atoms with E-state index in [1.54, 1.807) is 0 Å². The van der Waals surface area contributed by atoms with Crippen molar-refractivity contribution in [3.63, 3.8) is 0 Å². The molecule has 0 radical (unpaired) electrons. The number of carbonyl (C=O) groups excluding carboxylic acids is 1. The quantitative estimate of drug-likeness (QED) is 0.769. The summed E-state index contributed by atoms with van der Waals surface area (Å²) in [5.41, 5.74) is 0.234. The fraction of sp³-hybridized carbons (Fsp3) is 0.333. The van der Waals surface area contributed by atoms with Gasteiger partial charge in [0.2, 0.25) is 0 Å². The Morgan fingerprint density at radius 1 is 1.70 bits per heavy atom. The summed E-state index contributed by atoms with van der Waals surface area (Å²) in [6.45, 7) is 1.62. The standard InChI is InChI=1S/C12H9BrFNO4S/c1-5(16)17-3-6-4-18-8-2-7(14)9-11(10(8)19-6)20-12(13)15-9/h2,6H,3-4H2,1H3. The van der Waals surface area contributed by atoms with E-state index in [-0.39, 0.29) is 24.7 Å². The van der Waals surface area contributed by atoms with Crippen LogP contribution in [0.1, 0.15) is 6.92 Å². The maximum atomic E-state index is 13.9. The second-order valence-corrected chi connectivity index (χ2v) is 6.46. The van der Waals surface area contributed by atoms with Gasteiger partial charge in [-0.15, -0.1) is 11.3 Å². The van der Waals surface area contributed by atoms with Gasteiger partial charge < -0.3 is 14.2 Å². The van der Waals surface area contributed by atoms with Crippen LogP contribution in [0.15, 0.2) is 9.98 Å². The molecule has 1 aliphatic heterocycles. The van der Waals surface area contributed by atoms with Crippen LogP contribution in [0.4, 0.5) is 4.39 Å². The molecule has 5 nitrogen and oxygen atoms in total. The number of aromatic nitrogens is 1. The predicted molar refractivity (Wildman–Crippen MR) is 73.8 cm³/mol. The third-order valence-electron chi connectivity index (χ3n) is 2.70. The molecule has 106 valence electrons. The number of esters is 1. The van der Waals surface area contributed by atoms with Gasteiger partial charge in [-0.05, 0) is 15.9 Å². The SMILES string of the molecule is CC(=O)OCC1COc2cc(F)c3nc(Br)sc3c2O1. The fourth-order valence-corrected chi connectivity index (χ4v) is 3.31. The highest BCUT2D eigenvalue weighted by atomic mass is 79.9. The molecule has 0 spiro atoms. The monoisotopic (exact) mass is 361 g/mol. The first-order valence-corrected chi connectivity index (χ1v) is 7.37. The number of halogens is 2. The summed E-state index contributed by atoms with van der Waals surface area (Å²) in [7, 11) is 0. The van der Waals surface area contributed by atoms with Crippen molar-refractivity contribution >= 4 is 43.5 Å². The number of thiazole rings is 1. The lowest BCUT2D eigenvalue weighted by Gasteiger charge is -2.26. The minimum Gasteiger partial charge on any atom is -0.486 e. The van der Waals surface area contributed by atoms with Crippen LogP contribution in [0.2, 0.25) is 0 Å². The number of carbonyl (C=O) groups is 1. The Hall–Kier alpha value is -1.41. The molecule has 1 aliphatic rings. The van der Waals surface area contributed by atoms with Crippen molar-refractivity contribution in [3.05, 3.63) is 15.8 Å². The molecule has 20 heavy (non-hydrogen) atoms. The number of nitrogens with zero attached hydrogens (tertiary/aromatic N) is 1. The van der Waals surface area contributed by atoms with E-state index in [1.807, 2.05) is 0 Å². The molecule has 1 aromatic heterocycles. The zero-order valence-electron chi connectivity index (χ0n) is 10.3. The Morgan fingerprint density at radius 3 is 3.25 bits per heavy atom. The Balaban J connectivity index is 1.95. The van der Waals surface area contributed by atoms with Gasteiger partial charge in [0.05, 0.1) is 0 Å². The second kappa shape index (κ2) is 5.17. The van der Waals surface area contributed by atoms with Crippen molar-refractivity contribution in [1.82, 2.24) is 4.98 Å². The Bertz CT molecular complexity index is 690. The lowest BCUT2D eigenvalue weighted by molar-refractivity contribution is -0.144. The van der Waals surface area contributed by atoms with Gasteiger partial charge in [0, 0.05) is 13.0 Å². The van der Waals surface area contributed by atoms with Gasteiger partial charge in [-0.2, -0.15) is 0 Å². The van der Waals surface area contributed by atoms with Crippen molar-refractivity contribution in [2.24, 2.45) is 0 Å². The smallest absolute Gasteiger partial charge is 0.302 e. The normalized spacial score (nSPS) is 17.2. The van der Waals surface area contributed by atoms with E-state index in [0.717, 1.165) is 0 Å². The minimum absolute atomic E-state index is 0.0909. The molecule has 1 aromatic carbocycles. The van der Waals surface area contributed by atoms with Gasteiger partial charge in [-0.25, -0.2) is 9.37 Å². The number of benzene rings is 1. The highest BCUT2D eigenvalue weighted by molar-refractivity contribution is 9.11. The van der Waals surface area contributed by atoms with Gasteiger partial charge in [0.25, 0.3) is 0 Å². The van der Waals surface area contributed by atoms with E-state index in [0.29, 0.717) is 20.1 Å². The van der Waals surface area contributed by atoms with Crippen molar-refractivity contribution in [3.8, 4) is 11.5 Å². The zero-order chi connectivity index (χ0) is 14.3. The van der Waals surface area contributed by atoms with E-state index in [4.69, 9.17) is 14.2 Å². The zero-order valence-corrected chi connectivity index (χ0v) is 12.7. The van der Waals surface area contributed by atoms with Gasteiger partial charge in [-0.3, -0.25) is 4.79 Å².